The Morgan fingerprint density at radius 1 is 0.623 bits per heavy atom. The van der Waals surface area contributed by atoms with E-state index in [-0.39, 0.29) is 12.8 Å². The third-order valence-electron chi connectivity index (χ3n) is 7.48. The minimum atomic E-state index is -4.78. The molecule has 0 aromatic rings. The number of rotatable bonds is 34. The summed E-state index contributed by atoms with van der Waals surface area (Å²) in [4.78, 5) is 45.5. The number of allylic oxidation sites excluding steroid dienone is 13. The molecule has 3 unspecified atom stereocenters. The zero-order chi connectivity index (χ0) is 39.3. The highest BCUT2D eigenvalue weighted by Gasteiger charge is 2.28. The number of hydrogen-bond acceptors (Lipinski definition) is 8. The summed E-state index contributed by atoms with van der Waals surface area (Å²) in [6.07, 6.45) is 42.4. The molecule has 300 valence electrons. The largest absolute Gasteiger partial charge is 0.480 e. The van der Waals surface area contributed by atoms with E-state index in [0.29, 0.717) is 12.8 Å². The molecule has 0 aromatic heterocycles. The third-order valence-corrected chi connectivity index (χ3v) is 8.43. The predicted molar refractivity (Wildman–Crippen MR) is 212 cm³/mol. The van der Waals surface area contributed by atoms with E-state index in [1.165, 1.54) is 25.7 Å². The average molecular weight is 764 g/mol. The Bertz CT molecular complexity index is 1220. The lowest BCUT2D eigenvalue weighted by Gasteiger charge is -2.18. The van der Waals surface area contributed by atoms with Crippen molar-refractivity contribution in [1.29, 1.82) is 0 Å². The maximum Gasteiger partial charge on any atom is 0.472 e. The molecule has 0 saturated carbocycles. The number of nitrogens with one attached hydrogen (secondary N) is 1. The van der Waals surface area contributed by atoms with Crippen LogP contribution in [0.3, 0.4) is 0 Å². The lowest BCUT2D eigenvalue weighted by atomic mass is 10.1. The average Bonchev–Trinajstić information content (AvgIpc) is 3.13. The first kappa shape index (κ1) is 49.7. The third kappa shape index (κ3) is 35.5. The van der Waals surface area contributed by atoms with Gasteiger partial charge in [-0.2, -0.15) is 0 Å². The highest BCUT2D eigenvalue weighted by Crippen LogP contribution is 2.43. The van der Waals surface area contributed by atoms with Gasteiger partial charge in [-0.15, -0.1) is 0 Å². The van der Waals surface area contributed by atoms with Gasteiger partial charge in [0.2, 0.25) is 5.91 Å². The molecular formula is C41H66NO10P. The van der Waals surface area contributed by atoms with Crippen LogP contribution in [-0.2, 0) is 32.7 Å². The van der Waals surface area contributed by atoms with E-state index < -0.39 is 57.6 Å². The number of unbranched alkanes of at least 4 members (excludes halogenated alkanes) is 7. The molecule has 1 amide bonds. The topological polar surface area (TPSA) is 169 Å². The molecule has 3 atom stereocenters. The van der Waals surface area contributed by atoms with Crippen LogP contribution < -0.4 is 5.32 Å². The number of amides is 1. The Morgan fingerprint density at radius 3 is 1.53 bits per heavy atom. The number of carbonyl (C=O) groups is 3. The number of carboxylic acid groups (broad SMARTS) is 1. The molecule has 0 aliphatic rings. The molecule has 11 nitrogen and oxygen atoms in total. The second kappa shape index (κ2) is 35.7. The van der Waals surface area contributed by atoms with E-state index in [1.54, 1.807) is 12.2 Å². The van der Waals surface area contributed by atoms with Crippen LogP contribution in [0.5, 0.6) is 0 Å². The Hall–Kier alpha value is -3.34. The first-order chi connectivity index (χ1) is 25.6. The minimum absolute atomic E-state index is 0.0936. The number of carboxylic acids is 1. The van der Waals surface area contributed by atoms with Crippen LogP contribution in [0.25, 0.3) is 0 Å². The van der Waals surface area contributed by atoms with Crippen LogP contribution in [-0.4, -0.2) is 64.9 Å². The number of phosphoric acid groups is 1. The van der Waals surface area contributed by atoms with E-state index in [0.717, 1.165) is 57.8 Å². The van der Waals surface area contributed by atoms with Crippen LogP contribution in [0.2, 0.25) is 0 Å². The lowest BCUT2D eigenvalue weighted by Crippen LogP contribution is -2.43. The Balaban J connectivity index is 4.15. The van der Waals surface area contributed by atoms with Crippen molar-refractivity contribution in [2.75, 3.05) is 19.8 Å². The van der Waals surface area contributed by atoms with Gasteiger partial charge in [0.1, 0.15) is 12.7 Å². The van der Waals surface area contributed by atoms with E-state index in [2.05, 4.69) is 79.9 Å². The van der Waals surface area contributed by atoms with Crippen molar-refractivity contribution in [2.24, 2.45) is 0 Å². The number of carbonyl (C=O) groups excluding carboxylic acids is 2. The monoisotopic (exact) mass is 763 g/mol. The quantitative estimate of drug-likeness (QED) is 0.0215. The van der Waals surface area contributed by atoms with Gasteiger partial charge in [-0.05, 0) is 51.4 Å². The van der Waals surface area contributed by atoms with Crippen molar-refractivity contribution in [1.82, 2.24) is 5.32 Å². The number of aliphatic hydroxyl groups excluding tert-OH is 1. The van der Waals surface area contributed by atoms with Gasteiger partial charge < -0.3 is 25.2 Å². The van der Waals surface area contributed by atoms with Gasteiger partial charge in [0.25, 0.3) is 0 Å². The number of ether oxygens (including phenoxy) is 1. The second-order valence-electron chi connectivity index (χ2n) is 12.4. The summed E-state index contributed by atoms with van der Waals surface area (Å²) in [5.41, 5.74) is 0. The maximum atomic E-state index is 12.2. The van der Waals surface area contributed by atoms with Gasteiger partial charge in [-0.1, -0.05) is 144 Å². The summed E-state index contributed by atoms with van der Waals surface area (Å²) < 4.78 is 26.6. The first-order valence-corrected chi connectivity index (χ1v) is 20.6. The predicted octanol–water partition coefficient (Wildman–Crippen LogP) is 9.16. The van der Waals surface area contributed by atoms with E-state index in [4.69, 9.17) is 13.8 Å². The number of hydrogen-bond donors (Lipinski definition) is 4. The van der Waals surface area contributed by atoms with Gasteiger partial charge in [-0.25, -0.2) is 9.36 Å². The fraction of sp³-hybridized carbons (Fsp3) is 0.585. The molecule has 0 saturated heterocycles. The Labute approximate surface area is 318 Å². The van der Waals surface area contributed by atoms with Crippen LogP contribution in [0.1, 0.15) is 123 Å². The summed E-state index contributed by atoms with van der Waals surface area (Å²) in [5.74, 6) is -2.57. The highest BCUT2D eigenvalue weighted by atomic mass is 31.2. The zero-order valence-corrected chi connectivity index (χ0v) is 32.9. The summed E-state index contributed by atoms with van der Waals surface area (Å²) in [6.45, 7) is 2.33. The maximum absolute atomic E-state index is 12.2. The smallest absolute Gasteiger partial charge is 0.472 e. The number of aliphatic carboxylic acids is 1. The molecule has 0 heterocycles. The van der Waals surface area contributed by atoms with Gasteiger partial charge in [0.15, 0.2) is 6.04 Å². The molecular weight excluding hydrogens is 697 g/mol. The molecule has 0 spiro atoms. The first-order valence-electron chi connectivity index (χ1n) is 19.1. The fourth-order valence-corrected chi connectivity index (χ4v) is 5.28. The van der Waals surface area contributed by atoms with Crippen LogP contribution >= 0.6 is 7.82 Å². The summed E-state index contributed by atoms with van der Waals surface area (Å²) in [6, 6.07) is -1.61. The number of phosphoric ester groups is 1. The van der Waals surface area contributed by atoms with Crippen molar-refractivity contribution < 1.29 is 47.8 Å². The molecule has 53 heavy (non-hydrogen) atoms. The standard InChI is InChI=1S/C41H66NO10P/c1-3-5-7-9-11-13-14-15-16-17-18-19-20-21-22-23-24-25-26-28-30-32-39(44)42-38(41(46)47)36-52-53(48,49)51-35-37(43)34-50-40(45)33-31-29-27-12-10-8-6-4-2/h5,7,11,13,15-16,18-19,21-22,24-25,28,30,37-38,43H,3-4,6,8-10,12,14,17,20,23,26-27,29,31-36H2,1-2H3,(H,42,44)(H,46,47)(H,48,49)/b7-5-,13-11-,16-15-,19-18-,22-21-,25-24-,30-28-. The molecule has 0 fully saturated rings. The zero-order valence-electron chi connectivity index (χ0n) is 32.0. The van der Waals surface area contributed by atoms with Gasteiger partial charge in [-0.3, -0.25) is 18.6 Å². The van der Waals surface area contributed by atoms with Crippen LogP contribution in [0.4, 0.5) is 0 Å². The molecule has 0 rings (SSSR count). The fourth-order valence-electron chi connectivity index (χ4n) is 4.51. The van der Waals surface area contributed by atoms with Crippen LogP contribution in [0, 0.1) is 0 Å². The molecule has 0 aliphatic heterocycles. The molecule has 4 N–H and O–H groups in total. The molecule has 0 bridgehead atoms. The normalized spacial score (nSPS) is 14.8. The molecule has 0 aromatic carbocycles. The molecule has 0 aliphatic carbocycles. The van der Waals surface area contributed by atoms with Crippen molar-refractivity contribution in [3.8, 4) is 0 Å². The summed E-state index contributed by atoms with van der Waals surface area (Å²) in [7, 11) is -4.78. The number of aliphatic hydroxyl groups is 1. The summed E-state index contributed by atoms with van der Waals surface area (Å²) >= 11 is 0. The van der Waals surface area contributed by atoms with Crippen molar-refractivity contribution in [2.45, 2.75) is 135 Å². The van der Waals surface area contributed by atoms with Crippen LogP contribution in [0.15, 0.2) is 85.1 Å². The summed E-state index contributed by atoms with van der Waals surface area (Å²) in [5, 5.41) is 21.6. The Kier molecular flexibility index (Phi) is 33.4. The molecule has 12 heteroatoms. The SMILES string of the molecule is CC/C=C\C/C=C\C/C=C\C/C=C\C/C=C\C/C=C\C/C=C\CC(=O)NC(COP(=O)(O)OCC(O)COC(=O)CCCCCCCCCC)C(=O)O. The second-order valence-corrected chi connectivity index (χ2v) is 13.9. The minimum Gasteiger partial charge on any atom is -0.480 e. The number of esters is 1. The van der Waals surface area contributed by atoms with E-state index >= 15 is 0 Å². The van der Waals surface area contributed by atoms with E-state index in [9.17, 15) is 34.1 Å². The van der Waals surface area contributed by atoms with Crippen molar-refractivity contribution in [3.05, 3.63) is 85.1 Å². The van der Waals surface area contributed by atoms with Gasteiger partial charge in [0, 0.05) is 12.8 Å². The Morgan fingerprint density at radius 2 is 1.06 bits per heavy atom. The van der Waals surface area contributed by atoms with Crippen molar-refractivity contribution in [3.63, 3.8) is 0 Å². The highest BCUT2D eigenvalue weighted by molar-refractivity contribution is 7.47. The van der Waals surface area contributed by atoms with Crippen molar-refractivity contribution >= 4 is 25.7 Å². The van der Waals surface area contributed by atoms with Gasteiger partial charge >= 0.3 is 19.8 Å². The molecule has 0 radical (unpaired) electrons. The van der Waals surface area contributed by atoms with Gasteiger partial charge in [0.05, 0.1) is 13.2 Å². The van der Waals surface area contributed by atoms with E-state index in [1.807, 2.05) is 12.2 Å². The lowest BCUT2D eigenvalue weighted by molar-refractivity contribution is -0.147.